The van der Waals surface area contributed by atoms with Crippen LogP contribution in [0.2, 0.25) is 0 Å². The fourth-order valence-electron chi connectivity index (χ4n) is 3.94. The summed E-state index contributed by atoms with van der Waals surface area (Å²) in [6, 6.07) is 11.1. The second kappa shape index (κ2) is 12.3. The van der Waals surface area contributed by atoms with Crippen LogP contribution in [-0.2, 0) is 19.5 Å². The van der Waals surface area contributed by atoms with Crippen molar-refractivity contribution in [2.75, 3.05) is 26.2 Å². The molecule has 1 fully saturated rings. The standard InChI is InChI=1S/C23H37N7/c1-3-22-28-27-19-30(22)17-14-25-23(26-18-21-11-5-4-6-12-21)24-13-9-16-29-15-8-7-10-20(29)2/h4-6,11-12,19-20H,3,7-10,13-18H2,1-2H3,(H2,24,25,26). The summed E-state index contributed by atoms with van der Waals surface area (Å²) in [6.07, 6.45) is 7.87. The highest BCUT2D eigenvalue weighted by Crippen LogP contribution is 2.16. The summed E-state index contributed by atoms with van der Waals surface area (Å²) >= 11 is 0. The molecule has 1 aliphatic rings. The molecule has 0 bridgehead atoms. The molecule has 0 radical (unpaired) electrons. The van der Waals surface area contributed by atoms with Gasteiger partial charge in [-0.1, -0.05) is 43.7 Å². The van der Waals surface area contributed by atoms with E-state index in [1.165, 1.54) is 31.4 Å². The molecule has 30 heavy (non-hydrogen) atoms. The molecule has 1 unspecified atom stereocenters. The molecule has 2 N–H and O–H groups in total. The van der Waals surface area contributed by atoms with Gasteiger partial charge in [-0.25, -0.2) is 4.99 Å². The monoisotopic (exact) mass is 411 g/mol. The first-order valence-corrected chi connectivity index (χ1v) is 11.4. The minimum absolute atomic E-state index is 0.673. The van der Waals surface area contributed by atoms with E-state index in [2.05, 4.69) is 68.4 Å². The Labute approximate surface area is 181 Å². The number of benzene rings is 1. The first-order chi connectivity index (χ1) is 14.8. The Bertz CT molecular complexity index is 756. The number of hydrogen-bond acceptors (Lipinski definition) is 4. The Kier molecular flexibility index (Phi) is 9.15. The highest BCUT2D eigenvalue weighted by atomic mass is 15.3. The maximum absolute atomic E-state index is 4.79. The number of nitrogens with zero attached hydrogens (tertiary/aromatic N) is 5. The highest BCUT2D eigenvalue weighted by molar-refractivity contribution is 5.79. The third kappa shape index (κ3) is 7.13. The molecule has 0 aliphatic carbocycles. The number of aryl methyl sites for hydroxylation is 1. The van der Waals surface area contributed by atoms with E-state index in [0.717, 1.165) is 56.8 Å². The Morgan fingerprint density at radius 1 is 1.13 bits per heavy atom. The quantitative estimate of drug-likeness (QED) is 0.357. The molecule has 0 saturated carbocycles. The van der Waals surface area contributed by atoms with E-state index in [1.807, 2.05) is 6.07 Å². The molecule has 1 aromatic carbocycles. The number of hydrogen-bond donors (Lipinski definition) is 2. The van der Waals surface area contributed by atoms with Crippen molar-refractivity contribution in [2.24, 2.45) is 4.99 Å². The van der Waals surface area contributed by atoms with Gasteiger partial charge in [0, 0.05) is 38.6 Å². The van der Waals surface area contributed by atoms with E-state index >= 15 is 0 Å². The van der Waals surface area contributed by atoms with Crippen molar-refractivity contribution in [1.82, 2.24) is 30.3 Å². The van der Waals surface area contributed by atoms with Gasteiger partial charge >= 0.3 is 0 Å². The summed E-state index contributed by atoms with van der Waals surface area (Å²) < 4.78 is 2.10. The van der Waals surface area contributed by atoms with Crippen molar-refractivity contribution in [1.29, 1.82) is 0 Å². The molecule has 0 spiro atoms. The second-order valence-electron chi connectivity index (χ2n) is 8.03. The zero-order chi connectivity index (χ0) is 21.0. The van der Waals surface area contributed by atoms with E-state index < -0.39 is 0 Å². The van der Waals surface area contributed by atoms with E-state index in [4.69, 9.17) is 4.99 Å². The largest absolute Gasteiger partial charge is 0.356 e. The average Bonchev–Trinajstić information content (AvgIpc) is 3.24. The SMILES string of the molecule is CCc1nncn1CCNC(=NCc1ccccc1)NCCCN1CCCCC1C. The Morgan fingerprint density at radius 2 is 1.97 bits per heavy atom. The molecule has 1 aromatic heterocycles. The van der Waals surface area contributed by atoms with Crippen LogP contribution in [0.5, 0.6) is 0 Å². The minimum atomic E-state index is 0.673. The molecule has 1 saturated heterocycles. The molecular formula is C23H37N7. The van der Waals surface area contributed by atoms with Gasteiger partial charge in [-0.3, -0.25) is 0 Å². The summed E-state index contributed by atoms with van der Waals surface area (Å²) in [7, 11) is 0. The van der Waals surface area contributed by atoms with Crippen LogP contribution in [0.1, 0.15) is 50.9 Å². The molecule has 2 heterocycles. The molecule has 7 heteroatoms. The molecule has 2 aromatic rings. The lowest BCUT2D eigenvalue weighted by Crippen LogP contribution is -2.42. The van der Waals surface area contributed by atoms with Crippen molar-refractivity contribution in [3.05, 3.63) is 48.0 Å². The number of piperidine rings is 1. The second-order valence-corrected chi connectivity index (χ2v) is 8.03. The van der Waals surface area contributed by atoms with Crippen LogP contribution in [0.3, 0.4) is 0 Å². The van der Waals surface area contributed by atoms with Crippen LogP contribution in [0.15, 0.2) is 41.7 Å². The number of aromatic nitrogens is 3. The van der Waals surface area contributed by atoms with Gasteiger partial charge in [0.15, 0.2) is 5.96 Å². The Hall–Kier alpha value is -2.41. The van der Waals surface area contributed by atoms with Crippen molar-refractivity contribution in [3.8, 4) is 0 Å². The zero-order valence-electron chi connectivity index (χ0n) is 18.6. The summed E-state index contributed by atoms with van der Waals surface area (Å²) in [5.74, 6) is 1.89. The Morgan fingerprint density at radius 3 is 2.77 bits per heavy atom. The third-order valence-electron chi connectivity index (χ3n) is 5.77. The molecule has 1 aliphatic heterocycles. The zero-order valence-corrected chi connectivity index (χ0v) is 18.6. The number of likely N-dealkylation sites (tertiary alicyclic amines) is 1. The number of nitrogens with one attached hydrogen (secondary N) is 2. The third-order valence-corrected chi connectivity index (χ3v) is 5.77. The molecule has 1 atom stereocenters. The van der Waals surface area contributed by atoms with Gasteiger partial charge in [-0.15, -0.1) is 10.2 Å². The van der Waals surface area contributed by atoms with Gasteiger partial charge in [-0.2, -0.15) is 0 Å². The van der Waals surface area contributed by atoms with Crippen molar-refractivity contribution < 1.29 is 0 Å². The molecular weight excluding hydrogens is 374 g/mol. The lowest BCUT2D eigenvalue weighted by Gasteiger charge is -2.33. The van der Waals surface area contributed by atoms with Gasteiger partial charge in [0.05, 0.1) is 6.54 Å². The van der Waals surface area contributed by atoms with Crippen molar-refractivity contribution in [2.45, 2.75) is 65.1 Å². The van der Waals surface area contributed by atoms with Crippen LogP contribution >= 0.6 is 0 Å². The van der Waals surface area contributed by atoms with Crippen LogP contribution < -0.4 is 10.6 Å². The number of guanidine groups is 1. The normalized spacial score (nSPS) is 17.8. The van der Waals surface area contributed by atoms with Crippen molar-refractivity contribution in [3.63, 3.8) is 0 Å². The Balaban J connectivity index is 1.48. The molecule has 3 rings (SSSR count). The van der Waals surface area contributed by atoms with Gasteiger partial charge in [0.1, 0.15) is 12.2 Å². The number of aliphatic imine (C=N–C) groups is 1. The predicted octanol–water partition coefficient (Wildman–Crippen LogP) is 2.84. The lowest BCUT2D eigenvalue weighted by molar-refractivity contribution is 0.159. The topological polar surface area (TPSA) is 70.4 Å². The molecule has 0 amide bonds. The molecule has 7 nitrogen and oxygen atoms in total. The highest BCUT2D eigenvalue weighted by Gasteiger charge is 2.17. The predicted molar refractivity (Wildman–Crippen MR) is 122 cm³/mol. The van der Waals surface area contributed by atoms with Crippen LogP contribution in [0.25, 0.3) is 0 Å². The van der Waals surface area contributed by atoms with Gasteiger partial charge in [0.2, 0.25) is 0 Å². The lowest BCUT2D eigenvalue weighted by atomic mass is 10.0. The smallest absolute Gasteiger partial charge is 0.191 e. The average molecular weight is 412 g/mol. The summed E-state index contributed by atoms with van der Waals surface area (Å²) in [6.45, 7) is 10.1. The van der Waals surface area contributed by atoms with Gasteiger partial charge in [0.25, 0.3) is 0 Å². The fourth-order valence-corrected chi connectivity index (χ4v) is 3.94. The summed E-state index contributed by atoms with van der Waals surface area (Å²) in [5, 5.41) is 15.2. The van der Waals surface area contributed by atoms with E-state index in [0.29, 0.717) is 6.54 Å². The summed E-state index contributed by atoms with van der Waals surface area (Å²) in [5.41, 5.74) is 1.22. The maximum atomic E-state index is 4.79. The molecule has 164 valence electrons. The van der Waals surface area contributed by atoms with Gasteiger partial charge in [-0.05, 0) is 38.3 Å². The number of rotatable bonds is 10. The van der Waals surface area contributed by atoms with Crippen LogP contribution in [-0.4, -0.2) is 57.8 Å². The summed E-state index contributed by atoms with van der Waals surface area (Å²) in [4.78, 5) is 7.42. The van der Waals surface area contributed by atoms with E-state index in [9.17, 15) is 0 Å². The maximum Gasteiger partial charge on any atom is 0.191 e. The van der Waals surface area contributed by atoms with Crippen molar-refractivity contribution >= 4 is 5.96 Å². The van der Waals surface area contributed by atoms with E-state index in [1.54, 1.807) is 6.33 Å². The van der Waals surface area contributed by atoms with Crippen LogP contribution in [0.4, 0.5) is 0 Å². The van der Waals surface area contributed by atoms with Gasteiger partial charge < -0.3 is 20.1 Å². The minimum Gasteiger partial charge on any atom is -0.356 e. The van der Waals surface area contributed by atoms with Crippen LogP contribution in [0, 0.1) is 0 Å². The first kappa shape index (κ1) is 22.3. The van der Waals surface area contributed by atoms with E-state index in [-0.39, 0.29) is 0 Å². The fraction of sp³-hybridized carbons (Fsp3) is 0.609. The first-order valence-electron chi connectivity index (χ1n) is 11.4.